The first-order chi connectivity index (χ1) is 9.31. The van der Waals surface area contributed by atoms with Crippen molar-refractivity contribution in [1.29, 1.82) is 0 Å². The van der Waals surface area contributed by atoms with Crippen LogP contribution in [0.1, 0.15) is 5.56 Å². The lowest BCUT2D eigenvalue weighted by molar-refractivity contribution is 0.599. The fourth-order valence-electron chi connectivity index (χ4n) is 1.61. The summed E-state index contributed by atoms with van der Waals surface area (Å²) < 4.78 is 52.9. The minimum atomic E-state index is -3.96. The summed E-state index contributed by atoms with van der Waals surface area (Å²) in [5.74, 6) is -1.23. The van der Waals surface area contributed by atoms with E-state index < -0.39 is 21.7 Å². The highest BCUT2D eigenvalue weighted by molar-refractivity contribution is 7.92. The van der Waals surface area contributed by atoms with Crippen molar-refractivity contribution in [1.82, 2.24) is 0 Å². The van der Waals surface area contributed by atoms with Crippen LogP contribution in [0, 0.1) is 18.6 Å². The van der Waals surface area contributed by atoms with Gasteiger partial charge in [-0.05, 0) is 37.3 Å². The molecule has 0 spiro atoms. The summed E-state index contributed by atoms with van der Waals surface area (Å²) in [5.41, 5.74) is 5.35. The van der Waals surface area contributed by atoms with Crippen molar-refractivity contribution >= 4 is 21.4 Å². The Hall–Kier alpha value is -2.15. The van der Waals surface area contributed by atoms with Crippen LogP contribution in [0.15, 0.2) is 41.3 Å². The maximum absolute atomic E-state index is 13.4. The van der Waals surface area contributed by atoms with E-state index in [0.717, 1.165) is 18.2 Å². The summed E-state index contributed by atoms with van der Waals surface area (Å²) in [6, 6.07) is 7.10. The SMILES string of the molecule is Cc1c(F)cccc1NS(=O)(=O)c1ccc(F)c(N)c1. The van der Waals surface area contributed by atoms with Crippen molar-refractivity contribution in [3.05, 3.63) is 53.6 Å². The first-order valence-electron chi connectivity index (χ1n) is 5.64. The number of nitrogens with one attached hydrogen (secondary N) is 1. The predicted molar refractivity (Wildman–Crippen MR) is 72.8 cm³/mol. The summed E-state index contributed by atoms with van der Waals surface area (Å²) in [5, 5.41) is 0. The van der Waals surface area contributed by atoms with Crippen LogP contribution in [-0.4, -0.2) is 8.42 Å². The smallest absolute Gasteiger partial charge is 0.261 e. The van der Waals surface area contributed by atoms with Gasteiger partial charge in [-0.15, -0.1) is 0 Å². The second kappa shape index (κ2) is 5.09. The van der Waals surface area contributed by atoms with Crippen LogP contribution in [-0.2, 0) is 10.0 Å². The van der Waals surface area contributed by atoms with Crippen LogP contribution in [0.4, 0.5) is 20.2 Å². The zero-order valence-electron chi connectivity index (χ0n) is 10.5. The molecule has 2 aromatic carbocycles. The molecule has 4 nitrogen and oxygen atoms in total. The Morgan fingerprint density at radius 3 is 2.45 bits per heavy atom. The molecule has 0 aliphatic heterocycles. The van der Waals surface area contributed by atoms with Gasteiger partial charge in [-0.2, -0.15) is 0 Å². The quantitative estimate of drug-likeness (QED) is 0.856. The van der Waals surface area contributed by atoms with Crippen molar-refractivity contribution < 1.29 is 17.2 Å². The molecule has 0 saturated heterocycles. The van der Waals surface area contributed by atoms with Gasteiger partial charge in [-0.25, -0.2) is 17.2 Å². The van der Waals surface area contributed by atoms with Crippen molar-refractivity contribution in [3.63, 3.8) is 0 Å². The summed E-state index contributed by atoms with van der Waals surface area (Å²) in [7, 11) is -3.96. The summed E-state index contributed by atoms with van der Waals surface area (Å²) in [4.78, 5) is -0.194. The Morgan fingerprint density at radius 2 is 1.80 bits per heavy atom. The summed E-state index contributed by atoms with van der Waals surface area (Å²) in [6.45, 7) is 1.45. The van der Waals surface area contributed by atoms with Gasteiger partial charge in [0.2, 0.25) is 0 Å². The van der Waals surface area contributed by atoms with E-state index in [0.29, 0.717) is 0 Å². The predicted octanol–water partition coefficient (Wildman–Crippen LogP) is 2.66. The van der Waals surface area contributed by atoms with Crippen molar-refractivity contribution in [2.75, 3.05) is 10.5 Å². The van der Waals surface area contributed by atoms with E-state index in [1.165, 1.54) is 25.1 Å². The van der Waals surface area contributed by atoms with Crippen LogP contribution in [0.2, 0.25) is 0 Å². The molecule has 2 rings (SSSR count). The maximum atomic E-state index is 13.4. The molecule has 0 aliphatic rings. The highest BCUT2D eigenvalue weighted by Gasteiger charge is 2.17. The molecule has 0 aromatic heterocycles. The van der Waals surface area contributed by atoms with Crippen LogP contribution in [0.5, 0.6) is 0 Å². The Kier molecular flexibility index (Phi) is 3.63. The van der Waals surface area contributed by atoms with Crippen LogP contribution in [0.25, 0.3) is 0 Å². The number of anilines is 2. The molecule has 2 aromatic rings. The molecule has 20 heavy (non-hydrogen) atoms. The van der Waals surface area contributed by atoms with Gasteiger partial charge in [0.15, 0.2) is 0 Å². The Balaban J connectivity index is 2.41. The molecule has 0 saturated carbocycles. The molecule has 3 N–H and O–H groups in total. The molecule has 0 fully saturated rings. The number of nitrogen functional groups attached to an aromatic ring is 1. The number of hydrogen-bond donors (Lipinski definition) is 2. The van der Waals surface area contributed by atoms with Crippen LogP contribution < -0.4 is 10.5 Å². The lowest BCUT2D eigenvalue weighted by atomic mass is 10.2. The third-order valence-electron chi connectivity index (χ3n) is 2.79. The monoisotopic (exact) mass is 298 g/mol. The Morgan fingerprint density at radius 1 is 1.10 bits per heavy atom. The van der Waals surface area contributed by atoms with Crippen molar-refractivity contribution in [2.45, 2.75) is 11.8 Å². The average Bonchev–Trinajstić information content (AvgIpc) is 2.38. The van der Waals surface area contributed by atoms with Gasteiger partial charge < -0.3 is 5.73 Å². The van der Waals surface area contributed by atoms with Gasteiger partial charge in [0.05, 0.1) is 16.3 Å². The maximum Gasteiger partial charge on any atom is 0.261 e. The molecule has 0 aliphatic carbocycles. The third kappa shape index (κ3) is 2.72. The fourth-order valence-corrected chi connectivity index (χ4v) is 2.77. The molecule has 0 atom stereocenters. The standard InChI is InChI=1S/C13H12F2N2O2S/c1-8-10(14)3-2-4-13(8)17-20(18,19)9-5-6-11(15)12(16)7-9/h2-7,17H,16H2,1H3. The molecule has 106 valence electrons. The van der Waals surface area contributed by atoms with Crippen molar-refractivity contribution in [3.8, 4) is 0 Å². The fraction of sp³-hybridized carbons (Fsp3) is 0.0769. The normalized spacial score (nSPS) is 11.3. The van der Waals surface area contributed by atoms with E-state index in [9.17, 15) is 17.2 Å². The minimum Gasteiger partial charge on any atom is -0.396 e. The molecule has 0 bridgehead atoms. The van der Waals surface area contributed by atoms with Gasteiger partial charge >= 0.3 is 0 Å². The van der Waals surface area contributed by atoms with E-state index >= 15 is 0 Å². The number of nitrogens with two attached hydrogens (primary N) is 1. The number of rotatable bonds is 3. The molecular weight excluding hydrogens is 286 g/mol. The molecular formula is C13H12F2N2O2S. The lowest BCUT2D eigenvalue weighted by Crippen LogP contribution is -2.14. The molecule has 0 amide bonds. The van der Waals surface area contributed by atoms with Gasteiger partial charge in [0.1, 0.15) is 11.6 Å². The molecule has 0 heterocycles. The number of halogens is 2. The van der Waals surface area contributed by atoms with Gasteiger partial charge in [0, 0.05) is 5.56 Å². The van der Waals surface area contributed by atoms with Gasteiger partial charge in [-0.1, -0.05) is 6.07 Å². The van der Waals surface area contributed by atoms with E-state index in [2.05, 4.69) is 4.72 Å². The van der Waals surface area contributed by atoms with Crippen LogP contribution in [0.3, 0.4) is 0 Å². The topological polar surface area (TPSA) is 72.2 Å². The van der Waals surface area contributed by atoms with Gasteiger partial charge in [0.25, 0.3) is 10.0 Å². The first-order valence-corrected chi connectivity index (χ1v) is 7.12. The Labute approximate surface area is 115 Å². The highest BCUT2D eigenvalue weighted by Crippen LogP contribution is 2.23. The van der Waals surface area contributed by atoms with Gasteiger partial charge in [-0.3, -0.25) is 4.72 Å². The Bertz CT molecular complexity index is 761. The second-order valence-electron chi connectivity index (χ2n) is 4.20. The lowest BCUT2D eigenvalue weighted by Gasteiger charge is -2.11. The number of hydrogen-bond acceptors (Lipinski definition) is 3. The zero-order chi connectivity index (χ0) is 14.9. The van der Waals surface area contributed by atoms with E-state index in [1.54, 1.807) is 0 Å². The zero-order valence-corrected chi connectivity index (χ0v) is 11.3. The van der Waals surface area contributed by atoms with Crippen molar-refractivity contribution in [2.24, 2.45) is 0 Å². The number of benzene rings is 2. The summed E-state index contributed by atoms with van der Waals surface area (Å²) in [6.07, 6.45) is 0. The average molecular weight is 298 g/mol. The second-order valence-corrected chi connectivity index (χ2v) is 5.88. The third-order valence-corrected chi connectivity index (χ3v) is 4.15. The number of sulfonamides is 1. The molecule has 7 heteroatoms. The van der Waals surface area contributed by atoms with E-state index in [-0.39, 0.29) is 21.8 Å². The van der Waals surface area contributed by atoms with E-state index in [4.69, 9.17) is 5.73 Å². The molecule has 0 radical (unpaired) electrons. The van der Waals surface area contributed by atoms with Crippen LogP contribution >= 0.6 is 0 Å². The summed E-state index contributed by atoms with van der Waals surface area (Å²) >= 11 is 0. The first kappa shape index (κ1) is 14.3. The largest absolute Gasteiger partial charge is 0.396 e. The minimum absolute atomic E-state index is 0.118. The van der Waals surface area contributed by atoms with E-state index in [1.807, 2.05) is 0 Å². The molecule has 0 unspecified atom stereocenters. The highest BCUT2D eigenvalue weighted by atomic mass is 32.2.